The highest BCUT2D eigenvalue weighted by atomic mass is 32.1. The van der Waals surface area contributed by atoms with Crippen LogP contribution in [0.15, 0.2) is 53.9 Å². The quantitative estimate of drug-likeness (QED) is 0.458. The molecule has 1 heterocycles. The van der Waals surface area contributed by atoms with Gasteiger partial charge in [0, 0.05) is 11.9 Å². The van der Waals surface area contributed by atoms with Crippen LogP contribution in [-0.2, 0) is 22.6 Å². The van der Waals surface area contributed by atoms with Crippen molar-refractivity contribution < 1.29 is 23.5 Å². The summed E-state index contributed by atoms with van der Waals surface area (Å²) in [7, 11) is 1.58. The lowest BCUT2D eigenvalue weighted by molar-refractivity contribution is -0.125. The molecular weight excluding hydrogens is 435 g/mol. The first-order valence-electron chi connectivity index (χ1n) is 9.61. The molecule has 0 bridgehead atoms. The number of carbonyl (C=O) groups excluding carboxylic acids is 3. The predicted molar refractivity (Wildman–Crippen MR) is 118 cm³/mol. The van der Waals surface area contributed by atoms with Gasteiger partial charge in [-0.2, -0.15) is 0 Å². The highest BCUT2D eigenvalue weighted by molar-refractivity contribution is 7.14. The number of anilines is 1. The number of nitrogens with zero attached hydrogens (tertiary/aromatic N) is 1. The predicted octanol–water partition coefficient (Wildman–Crippen LogP) is 2.52. The van der Waals surface area contributed by atoms with Crippen LogP contribution in [0.1, 0.15) is 21.6 Å². The van der Waals surface area contributed by atoms with Crippen molar-refractivity contribution >= 4 is 34.2 Å². The second-order valence-corrected chi connectivity index (χ2v) is 7.51. The number of aromatic nitrogens is 1. The van der Waals surface area contributed by atoms with E-state index in [0.717, 1.165) is 22.6 Å². The van der Waals surface area contributed by atoms with Gasteiger partial charge in [-0.25, -0.2) is 9.37 Å². The van der Waals surface area contributed by atoms with Crippen molar-refractivity contribution in [1.29, 1.82) is 0 Å². The number of carbonyl (C=O) groups is 3. The van der Waals surface area contributed by atoms with Crippen LogP contribution in [0, 0.1) is 5.82 Å². The van der Waals surface area contributed by atoms with Gasteiger partial charge >= 0.3 is 0 Å². The van der Waals surface area contributed by atoms with Crippen LogP contribution in [0.4, 0.5) is 9.52 Å². The number of hydrogen-bond donors (Lipinski definition) is 3. The van der Waals surface area contributed by atoms with Crippen molar-refractivity contribution in [3.05, 3.63) is 76.5 Å². The smallest absolute Gasteiger partial charge is 0.260 e. The van der Waals surface area contributed by atoms with Gasteiger partial charge in [0.05, 0.1) is 31.3 Å². The van der Waals surface area contributed by atoms with Crippen molar-refractivity contribution in [3.63, 3.8) is 0 Å². The van der Waals surface area contributed by atoms with Crippen molar-refractivity contribution in [2.24, 2.45) is 0 Å². The zero-order chi connectivity index (χ0) is 22.9. The zero-order valence-electron chi connectivity index (χ0n) is 17.2. The molecule has 10 heteroatoms. The number of rotatable bonds is 9. The molecule has 0 atom stereocenters. The second kappa shape index (κ2) is 11.0. The van der Waals surface area contributed by atoms with Crippen molar-refractivity contribution in [3.8, 4) is 5.75 Å². The number of nitrogens with one attached hydrogen (secondary N) is 3. The number of benzene rings is 2. The number of amides is 3. The third kappa shape index (κ3) is 6.61. The molecule has 0 radical (unpaired) electrons. The molecule has 3 N–H and O–H groups in total. The van der Waals surface area contributed by atoms with E-state index in [9.17, 15) is 18.8 Å². The van der Waals surface area contributed by atoms with Gasteiger partial charge in [-0.05, 0) is 29.8 Å². The Hall–Kier alpha value is -3.79. The molecule has 0 aliphatic rings. The van der Waals surface area contributed by atoms with E-state index in [-0.39, 0.29) is 35.5 Å². The summed E-state index contributed by atoms with van der Waals surface area (Å²) >= 11 is 1.12. The van der Waals surface area contributed by atoms with E-state index in [1.165, 1.54) is 18.2 Å². The highest BCUT2D eigenvalue weighted by Gasteiger charge is 2.14. The minimum absolute atomic E-state index is 0.0577. The molecule has 0 saturated heterocycles. The monoisotopic (exact) mass is 456 g/mol. The van der Waals surface area contributed by atoms with Crippen LogP contribution < -0.4 is 20.7 Å². The van der Waals surface area contributed by atoms with Gasteiger partial charge in [-0.3, -0.25) is 19.7 Å². The second-order valence-electron chi connectivity index (χ2n) is 6.66. The zero-order valence-corrected chi connectivity index (χ0v) is 18.0. The summed E-state index contributed by atoms with van der Waals surface area (Å²) < 4.78 is 18.8. The number of ether oxygens (including phenoxy) is 1. The van der Waals surface area contributed by atoms with E-state index < -0.39 is 11.7 Å². The maximum absolute atomic E-state index is 13.7. The van der Waals surface area contributed by atoms with Gasteiger partial charge in [0.1, 0.15) is 11.6 Å². The van der Waals surface area contributed by atoms with Gasteiger partial charge < -0.3 is 15.4 Å². The summed E-state index contributed by atoms with van der Waals surface area (Å²) in [6.07, 6.45) is -0.0577. The van der Waals surface area contributed by atoms with Crippen LogP contribution in [0.25, 0.3) is 0 Å². The van der Waals surface area contributed by atoms with Gasteiger partial charge in [0.25, 0.3) is 5.91 Å². The number of halogens is 1. The fourth-order valence-corrected chi connectivity index (χ4v) is 3.37. The number of thiazole rings is 1. The summed E-state index contributed by atoms with van der Waals surface area (Å²) in [5.74, 6) is -1.25. The van der Waals surface area contributed by atoms with Crippen molar-refractivity contribution in [2.75, 3.05) is 19.0 Å². The molecule has 0 aliphatic heterocycles. The summed E-state index contributed by atoms with van der Waals surface area (Å²) in [6, 6.07) is 12.9. The van der Waals surface area contributed by atoms with E-state index in [1.807, 2.05) is 12.1 Å². The molecule has 2 aromatic carbocycles. The third-order valence-electron chi connectivity index (χ3n) is 4.33. The SMILES string of the molecule is COc1ccc(CNC(=O)CNC(=O)Cc2csc(NC(=O)c3ccccc3F)n2)cc1. The molecule has 0 aliphatic carbocycles. The molecule has 3 amide bonds. The summed E-state index contributed by atoms with van der Waals surface area (Å²) in [4.78, 5) is 40.3. The Labute approximate surface area is 187 Å². The lowest BCUT2D eigenvalue weighted by atomic mass is 10.2. The Morgan fingerprint density at radius 2 is 1.78 bits per heavy atom. The van der Waals surface area contributed by atoms with E-state index in [0.29, 0.717) is 12.2 Å². The summed E-state index contributed by atoms with van der Waals surface area (Å²) in [6.45, 7) is 0.159. The Morgan fingerprint density at radius 3 is 2.50 bits per heavy atom. The Bertz CT molecular complexity index is 1100. The third-order valence-corrected chi connectivity index (χ3v) is 5.13. The largest absolute Gasteiger partial charge is 0.497 e. The van der Waals surface area contributed by atoms with Gasteiger partial charge in [0.2, 0.25) is 11.8 Å². The molecular formula is C22H21FN4O4S. The molecule has 0 saturated carbocycles. The first-order valence-corrected chi connectivity index (χ1v) is 10.5. The van der Waals surface area contributed by atoms with Gasteiger partial charge in [-0.15, -0.1) is 11.3 Å². The summed E-state index contributed by atoms with van der Waals surface area (Å²) in [5, 5.41) is 9.61. The maximum atomic E-state index is 13.7. The van der Waals surface area contributed by atoms with Gasteiger partial charge in [0.15, 0.2) is 5.13 Å². The average molecular weight is 456 g/mol. The Balaban J connectivity index is 1.41. The molecule has 0 fully saturated rings. The van der Waals surface area contributed by atoms with Crippen LogP contribution >= 0.6 is 11.3 Å². The van der Waals surface area contributed by atoms with E-state index >= 15 is 0 Å². The van der Waals surface area contributed by atoms with Crippen LogP contribution in [0.3, 0.4) is 0 Å². The highest BCUT2D eigenvalue weighted by Crippen LogP contribution is 2.18. The van der Waals surface area contributed by atoms with Crippen LogP contribution in [0.2, 0.25) is 0 Å². The van der Waals surface area contributed by atoms with E-state index in [1.54, 1.807) is 30.7 Å². The minimum Gasteiger partial charge on any atom is -0.497 e. The van der Waals surface area contributed by atoms with Crippen molar-refractivity contribution in [2.45, 2.75) is 13.0 Å². The Kier molecular flexibility index (Phi) is 7.87. The molecule has 0 spiro atoms. The summed E-state index contributed by atoms with van der Waals surface area (Å²) in [5.41, 5.74) is 1.23. The average Bonchev–Trinajstić information content (AvgIpc) is 3.23. The number of hydrogen-bond acceptors (Lipinski definition) is 6. The van der Waals surface area contributed by atoms with Gasteiger partial charge in [-0.1, -0.05) is 24.3 Å². The normalized spacial score (nSPS) is 10.3. The van der Waals surface area contributed by atoms with Crippen molar-refractivity contribution in [1.82, 2.24) is 15.6 Å². The minimum atomic E-state index is -0.633. The first-order chi connectivity index (χ1) is 15.4. The lowest BCUT2D eigenvalue weighted by Gasteiger charge is -2.07. The van der Waals surface area contributed by atoms with E-state index in [2.05, 4.69) is 20.9 Å². The molecule has 8 nitrogen and oxygen atoms in total. The molecule has 32 heavy (non-hydrogen) atoms. The standard InChI is InChI=1S/C22H21FN4O4S/c1-31-16-8-6-14(7-9-16)11-24-20(29)12-25-19(28)10-15-13-32-22(26-15)27-21(30)17-4-2-3-5-18(17)23/h2-9,13H,10-12H2,1H3,(H,24,29)(H,25,28)(H,26,27,30). The Morgan fingerprint density at radius 1 is 1.03 bits per heavy atom. The maximum Gasteiger partial charge on any atom is 0.260 e. The topological polar surface area (TPSA) is 109 Å². The number of methoxy groups -OCH3 is 1. The fraction of sp³-hybridized carbons (Fsp3) is 0.182. The fourth-order valence-electron chi connectivity index (χ4n) is 2.67. The van der Waals surface area contributed by atoms with Crippen LogP contribution in [-0.4, -0.2) is 36.4 Å². The lowest BCUT2D eigenvalue weighted by Crippen LogP contribution is -2.37. The molecule has 166 valence electrons. The molecule has 3 aromatic rings. The molecule has 3 rings (SSSR count). The first kappa shape index (κ1) is 22.9. The molecule has 1 aromatic heterocycles. The molecule has 0 unspecified atom stereocenters. The van der Waals surface area contributed by atoms with E-state index in [4.69, 9.17) is 4.74 Å². The van der Waals surface area contributed by atoms with Crippen LogP contribution in [0.5, 0.6) is 5.75 Å².